The number of hydrogen-bond donors (Lipinski definition) is 0. The first-order valence-corrected chi connectivity index (χ1v) is 12.4. The van der Waals surface area contributed by atoms with Crippen molar-refractivity contribution >= 4 is 0 Å². The molecule has 2 rings (SSSR count). The van der Waals surface area contributed by atoms with Crippen LogP contribution in [-0.4, -0.2) is 0 Å². The van der Waals surface area contributed by atoms with Crippen molar-refractivity contribution in [1.82, 2.24) is 0 Å². The van der Waals surface area contributed by atoms with Crippen molar-refractivity contribution in [2.24, 2.45) is 0 Å². The zero-order valence-corrected chi connectivity index (χ0v) is 21.4. The van der Waals surface area contributed by atoms with Gasteiger partial charge in [-0.05, 0) is 87.4 Å². The normalized spacial score (nSPS) is 12.1. The molecule has 0 aromatic heterocycles. The van der Waals surface area contributed by atoms with Crippen molar-refractivity contribution in [3.63, 3.8) is 0 Å². The van der Waals surface area contributed by atoms with Gasteiger partial charge in [0.25, 0.3) is 0 Å². The maximum absolute atomic E-state index is 2.51. The summed E-state index contributed by atoms with van der Waals surface area (Å²) < 4.78 is 0. The molecule has 0 atom stereocenters. The molecule has 0 aliphatic rings. The minimum absolute atomic E-state index is 0.571. The molecule has 0 heteroatoms. The summed E-state index contributed by atoms with van der Waals surface area (Å²) in [4.78, 5) is 0. The van der Waals surface area contributed by atoms with Crippen LogP contribution in [0.15, 0.2) is 24.3 Å². The van der Waals surface area contributed by atoms with Crippen LogP contribution >= 0.6 is 0 Å². The van der Waals surface area contributed by atoms with Crippen molar-refractivity contribution in [1.29, 1.82) is 0 Å². The van der Waals surface area contributed by atoms with Crippen LogP contribution in [0.4, 0.5) is 0 Å². The largest absolute Gasteiger partial charge is 0.0651 e. The standard InChI is InChI=1S/C30H46/c1-11-13-26-29(21(7)8)17-24(18-30(26)22(9)10)14-23-15-27(19(3)4)25(12-2)28(16-23)20(5)6/h15-22H,11-14H2,1-10H3. The molecule has 30 heavy (non-hydrogen) atoms. The van der Waals surface area contributed by atoms with Gasteiger partial charge in [0.1, 0.15) is 0 Å². The molecule has 0 spiro atoms. The fourth-order valence-electron chi connectivity index (χ4n) is 5.01. The molecule has 0 saturated heterocycles. The molecular weight excluding hydrogens is 360 g/mol. The van der Waals surface area contributed by atoms with Crippen LogP contribution in [-0.2, 0) is 19.3 Å². The van der Waals surface area contributed by atoms with E-state index in [1.54, 1.807) is 33.4 Å². The fraction of sp³-hybridized carbons (Fsp3) is 0.600. The van der Waals surface area contributed by atoms with E-state index in [4.69, 9.17) is 0 Å². The zero-order valence-electron chi connectivity index (χ0n) is 21.4. The van der Waals surface area contributed by atoms with E-state index in [1.165, 1.54) is 24.0 Å². The van der Waals surface area contributed by atoms with E-state index in [1.807, 2.05) is 0 Å². The van der Waals surface area contributed by atoms with Gasteiger partial charge in [0.2, 0.25) is 0 Å². The zero-order chi connectivity index (χ0) is 22.6. The lowest BCUT2D eigenvalue weighted by atomic mass is 9.82. The topological polar surface area (TPSA) is 0 Å². The molecule has 166 valence electrons. The van der Waals surface area contributed by atoms with Gasteiger partial charge in [0, 0.05) is 0 Å². The molecule has 0 unspecified atom stereocenters. The highest BCUT2D eigenvalue weighted by atomic mass is 14.2. The summed E-state index contributed by atoms with van der Waals surface area (Å²) in [7, 11) is 0. The average Bonchev–Trinajstić information content (AvgIpc) is 2.67. The van der Waals surface area contributed by atoms with E-state index in [9.17, 15) is 0 Å². The van der Waals surface area contributed by atoms with E-state index < -0.39 is 0 Å². The van der Waals surface area contributed by atoms with Crippen molar-refractivity contribution in [2.75, 3.05) is 0 Å². The summed E-state index contributed by atoms with van der Waals surface area (Å²) in [5.74, 6) is 2.29. The molecular formula is C30H46. The Balaban J connectivity index is 2.61. The van der Waals surface area contributed by atoms with E-state index in [0.29, 0.717) is 23.7 Å². The van der Waals surface area contributed by atoms with Gasteiger partial charge in [-0.2, -0.15) is 0 Å². The minimum atomic E-state index is 0.571. The van der Waals surface area contributed by atoms with Crippen molar-refractivity contribution < 1.29 is 0 Å². The first-order chi connectivity index (χ1) is 14.1. The van der Waals surface area contributed by atoms with Gasteiger partial charge in [0.05, 0.1) is 0 Å². The molecule has 0 radical (unpaired) electrons. The molecule has 0 bridgehead atoms. The Hall–Kier alpha value is -1.56. The van der Waals surface area contributed by atoms with Gasteiger partial charge < -0.3 is 0 Å². The Morgan fingerprint density at radius 1 is 0.533 bits per heavy atom. The molecule has 0 heterocycles. The predicted molar refractivity (Wildman–Crippen MR) is 135 cm³/mol. The Labute approximate surface area is 187 Å². The summed E-state index contributed by atoms with van der Waals surface area (Å²) in [6.45, 7) is 23.4. The van der Waals surface area contributed by atoms with Crippen molar-refractivity contribution in [2.45, 2.75) is 119 Å². The van der Waals surface area contributed by atoms with E-state index in [2.05, 4.69) is 93.5 Å². The van der Waals surface area contributed by atoms with Gasteiger partial charge in [-0.25, -0.2) is 0 Å². The van der Waals surface area contributed by atoms with Gasteiger partial charge in [0.15, 0.2) is 0 Å². The Bertz CT molecular complexity index is 775. The minimum Gasteiger partial charge on any atom is -0.0651 e. The molecule has 0 nitrogen and oxygen atoms in total. The first kappa shape index (κ1) is 24.7. The maximum Gasteiger partial charge on any atom is -0.00254 e. The van der Waals surface area contributed by atoms with Gasteiger partial charge >= 0.3 is 0 Å². The molecule has 0 saturated carbocycles. The highest BCUT2D eigenvalue weighted by molar-refractivity contribution is 5.47. The summed E-state index contributed by atoms with van der Waals surface area (Å²) >= 11 is 0. The average molecular weight is 407 g/mol. The lowest BCUT2D eigenvalue weighted by Crippen LogP contribution is -2.08. The second kappa shape index (κ2) is 10.7. The van der Waals surface area contributed by atoms with E-state index in [-0.39, 0.29) is 0 Å². The van der Waals surface area contributed by atoms with Crippen LogP contribution < -0.4 is 0 Å². The van der Waals surface area contributed by atoms with Crippen LogP contribution in [0.1, 0.15) is 144 Å². The molecule has 2 aromatic rings. The monoisotopic (exact) mass is 406 g/mol. The quantitative estimate of drug-likeness (QED) is 0.389. The van der Waals surface area contributed by atoms with Crippen molar-refractivity contribution in [3.8, 4) is 0 Å². The van der Waals surface area contributed by atoms with Crippen LogP contribution in [0.25, 0.3) is 0 Å². The third-order valence-electron chi connectivity index (χ3n) is 6.51. The second-order valence-electron chi connectivity index (χ2n) is 10.4. The highest BCUT2D eigenvalue weighted by Gasteiger charge is 2.18. The Morgan fingerprint density at radius 2 is 0.867 bits per heavy atom. The van der Waals surface area contributed by atoms with E-state index in [0.717, 1.165) is 12.8 Å². The maximum atomic E-state index is 2.51. The Kier molecular flexibility index (Phi) is 8.77. The molecule has 0 aliphatic heterocycles. The molecule has 0 aliphatic carbocycles. The SMILES string of the molecule is CCCc1c(C(C)C)cc(Cc2cc(C(C)C)c(CC)c(C(C)C)c2)cc1C(C)C. The number of rotatable bonds is 9. The second-order valence-corrected chi connectivity index (χ2v) is 10.4. The van der Waals surface area contributed by atoms with Crippen LogP contribution in [0.2, 0.25) is 0 Å². The third kappa shape index (κ3) is 5.57. The van der Waals surface area contributed by atoms with Crippen LogP contribution in [0.5, 0.6) is 0 Å². The van der Waals surface area contributed by atoms with Crippen LogP contribution in [0.3, 0.4) is 0 Å². The highest BCUT2D eigenvalue weighted by Crippen LogP contribution is 2.34. The molecule has 0 fully saturated rings. The van der Waals surface area contributed by atoms with Gasteiger partial charge in [-0.15, -0.1) is 0 Å². The Morgan fingerprint density at radius 3 is 1.13 bits per heavy atom. The fourth-order valence-corrected chi connectivity index (χ4v) is 5.01. The van der Waals surface area contributed by atoms with E-state index >= 15 is 0 Å². The lowest BCUT2D eigenvalue weighted by molar-refractivity contribution is 0.773. The number of hydrogen-bond acceptors (Lipinski definition) is 0. The summed E-state index contributed by atoms with van der Waals surface area (Å²) in [5.41, 5.74) is 12.4. The lowest BCUT2D eigenvalue weighted by Gasteiger charge is -2.23. The molecule has 2 aromatic carbocycles. The molecule has 0 N–H and O–H groups in total. The number of benzene rings is 2. The van der Waals surface area contributed by atoms with Gasteiger partial charge in [-0.3, -0.25) is 0 Å². The summed E-state index contributed by atoms with van der Waals surface area (Å²) in [6, 6.07) is 10.0. The smallest absolute Gasteiger partial charge is 0.00254 e. The predicted octanol–water partition coefficient (Wildman–Crippen LogP) is 9.29. The summed E-state index contributed by atoms with van der Waals surface area (Å²) in [6.07, 6.45) is 4.57. The van der Waals surface area contributed by atoms with Crippen LogP contribution in [0, 0.1) is 0 Å². The third-order valence-corrected chi connectivity index (χ3v) is 6.51. The first-order valence-electron chi connectivity index (χ1n) is 12.4. The summed E-state index contributed by atoms with van der Waals surface area (Å²) in [5, 5.41) is 0. The van der Waals surface area contributed by atoms with Gasteiger partial charge in [-0.1, -0.05) is 99.9 Å². The molecule has 0 amide bonds. The van der Waals surface area contributed by atoms with Crippen molar-refractivity contribution in [3.05, 3.63) is 68.8 Å².